The highest BCUT2D eigenvalue weighted by Gasteiger charge is 2.97. The third-order valence-corrected chi connectivity index (χ3v) is 11.6. The van der Waals surface area contributed by atoms with Crippen molar-refractivity contribution < 1.29 is 9.84 Å². The van der Waals surface area contributed by atoms with Crippen molar-refractivity contribution in [1.29, 1.82) is 0 Å². The molecule has 0 spiro atoms. The molecule has 112 valence electrons. The summed E-state index contributed by atoms with van der Waals surface area (Å²) in [5, 5.41) is 11.6. The summed E-state index contributed by atoms with van der Waals surface area (Å²) in [5.41, 5.74) is -0.0954. The zero-order valence-corrected chi connectivity index (χ0v) is 14.7. The Labute approximate surface area is 140 Å². The Balaban J connectivity index is 1.54. The zero-order valence-electron chi connectivity index (χ0n) is 11.5. The molecule has 21 heavy (non-hydrogen) atoms. The third kappa shape index (κ3) is 0.717. The van der Waals surface area contributed by atoms with E-state index >= 15 is 0 Å². The van der Waals surface area contributed by atoms with Crippen molar-refractivity contribution in [3.8, 4) is 0 Å². The highest BCUT2D eigenvalue weighted by atomic mass is 79.9. The first kappa shape index (κ1) is 11.4. The fraction of sp³-hybridized carbons (Fsp3) is 1.00. The molecule has 0 bridgehead atoms. The third-order valence-electron chi connectivity index (χ3n) is 10.1. The molecule has 0 aromatic heterocycles. The van der Waals surface area contributed by atoms with Crippen LogP contribution in [0, 0.1) is 71.0 Å². The number of halogens is 2. The molecule has 7 aliphatic carbocycles. The fourth-order valence-corrected chi connectivity index (χ4v) is 12.2. The maximum absolute atomic E-state index is 11.6. The van der Waals surface area contributed by atoms with Gasteiger partial charge in [-0.1, -0.05) is 31.9 Å². The molecular formula is C17H18Br2O2. The van der Waals surface area contributed by atoms with Crippen LogP contribution < -0.4 is 0 Å². The molecule has 1 saturated heterocycles. The Morgan fingerprint density at radius 1 is 0.810 bits per heavy atom. The van der Waals surface area contributed by atoms with Crippen molar-refractivity contribution in [2.75, 3.05) is 0 Å². The van der Waals surface area contributed by atoms with Crippen molar-refractivity contribution in [2.24, 2.45) is 71.0 Å². The highest BCUT2D eigenvalue weighted by Crippen LogP contribution is 2.94. The number of alkyl halides is 2. The van der Waals surface area contributed by atoms with E-state index in [4.69, 9.17) is 4.74 Å². The molecular weight excluding hydrogens is 396 g/mol. The van der Waals surface area contributed by atoms with Crippen LogP contribution in [0.4, 0.5) is 0 Å². The first-order valence-corrected chi connectivity index (χ1v) is 10.7. The summed E-state index contributed by atoms with van der Waals surface area (Å²) in [6.45, 7) is 0. The van der Waals surface area contributed by atoms with Crippen LogP contribution in [0.25, 0.3) is 0 Å². The first-order chi connectivity index (χ1) is 10.1. The average Bonchev–Trinajstić information content (AvgIpc) is 3.06. The minimum absolute atomic E-state index is 0.0954. The van der Waals surface area contributed by atoms with Crippen LogP contribution in [0.1, 0.15) is 12.8 Å². The van der Waals surface area contributed by atoms with E-state index in [0.29, 0.717) is 17.8 Å². The Kier molecular flexibility index (Phi) is 1.49. The minimum atomic E-state index is -0.757. The predicted octanol–water partition coefficient (Wildman–Crippen LogP) is 2.83. The van der Waals surface area contributed by atoms with Gasteiger partial charge in [0.1, 0.15) is 5.60 Å². The van der Waals surface area contributed by atoms with E-state index in [1.165, 1.54) is 12.8 Å². The summed E-state index contributed by atoms with van der Waals surface area (Å²) >= 11 is 7.75. The van der Waals surface area contributed by atoms with Gasteiger partial charge in [-0.05, 0) is 66.1 Å². The fourth-order valence-electron chi connectivity index (χ4n) is 10.8. The molecule has 1 N–H and O–H groups in total. The molecule has 7 saturated carbocycles. The van der Waals surface area contributed by atoms with Gasteiger partial charge >= 0.3 is 0 Å². The van der Waals surface area contributed by atoms with Crippen LogP contribution in [-0.2, 0) is 4.74 Å². The van der Waals surface area contributed by atoms with Gasteiger partial charge in [0.15, 0.2) is 5.79 Å². The standard InChI is InChI=1S/C17H18Br2O2/c18-15(19)16-11-3-1-2-4-5(3)6-7(11)9-10-8(6)12(4)17(20,21-16)14(10)13(9)16/h3-15,20H,1-2H2/t3-,4-,5-,6+,7-,8-,9+,10-,11-,12+,13-,14+,16-,17+/m1/s1. The van der Waals surface area contributed by atoms with Gasteiger partial charge < -0.3 is 9.84 Å². The number of ether oxygens (including phenoxy) is 1. The molecule has 0 unspecified atom stereocenters. The van der Waals surface area contributed by atoms with Gasteiger partial charge in [0.05, 0.1) is 3.74 Å². The second-order valence-corrected chi connectivity index (χ2v) is 12.5. The van der Waals surface area contributed by atoms with E-state index in [0.717, 1.165) is 53.3 Å². The number of hydrogen-bond acceptors (Lipinski definition) is 2. The van der Waals surface area contributed by atoms with Crippen molar-refractivity contribution in [1.82, 2.24) is 0 Å². The topological polar surface area (TPSA) is 29.5 Å². The normalized spacial score (nSPS) is 85.1. The Morgan fingerprint density at radius 3 is 2.19 bits per heavy atom. The van der Waals surface area contributed by atoms with Crippen LogP contribution >= 0.6 is 31.9 Å². The summed E-state index contributed by atoms with van der Waals surface area (Å²) in [6, 6.07) is 0. The lowest BCUT2D eigenvalue weighted by Gasteiger charge is -2.47. The molecule has 8 fully saturated rings. The van der Waals surface area contributed by atoms with Gasteiger partial charge in [-0.2, -0.15) is 0 Å². The molecule has 4 heteroatoms. The van der Waals surface area contributed by atoms with E-state index < -0.39 is 5.79 Å². The molecule has 0 aromatic carbocycles. The molecule has 0 amide bonds. The van der Waals surface area contributed by atoms with Gasteiger partial charge in [-0.15, -0.1) is 0 Å². The van der Waals surface area contributed by atoms with E-state index in [2.05, 4.69) is 31.9 Å². The van der Waals surface area contributed by atoms with E-state index in [-0.39, 0.29) is 9.34 Å². The summed E-state index contributed by atoms with van der Waals surface area (Å²) in [7, 11) is 0. The van der Waals surface area contributed by atoms with E-state index in [1.807, 2.05) is 0 Å². The molecule has 0 aromatic rings. The average molecular weight is 414 g/mol. The van der Waals surface area contributed by atoms with Crippen molar-refractivity contribution in [2.45, 2.75) is 28.0 Å². The number of hydrogen-bond donors (Lipinski definition) is 1. The summed E-state index contributed by atoms with van der Waals surface area (Å²) in [6.07, 6.45) is 2.79. The second kappa shape index (κ2) is 2.74. The maximum Gasteiger partial charge on any atom is 0.173 e. The zero-order chi connectivity index (χ0) is 13.6. The second-order valence-electron chi connectivity index (χ2n) is 9.48. The molecule has 8 rings (SSSR count). The van der Waals surface area contributed by atoms with Crippen LogP contribution in [0.5, 0.6) is 0 Å². The van der Waals surface area contributed by atoms with E-state index in [1.54, 1.807) is 0 Å². The Morgan fingerprint density at radius 2 is 1.43 bits per heavy atom. The summed E-state index contributed by atoms with van der Waals surface area (Å²) in [5.74, 6) is 8.74. The van der Waals surface area contributed by atoms with E-state index in [9.17, 15) is 5.11 Å². The quantitative estimate of drug-likeness (QED) is 0.669. The van der Waals surface area contributed by atoms with Gasteiger partial charge in [-0.25, -0.2) is 0 Å². The Hall–Kier alpha value is 0.880. The SMILES string of the molecule is O[C@@]12O[C@]3(C(Br)Br)[C@@H]4[C@@H]5CC[C@@H]6[C@@H]5[C@@H]5[C@H]([C@@H]7[C@H]([C@@H]54)[C@@H]3[C@H]71)[C@H]62. The minimum Gasteiger partial charge on any atom is -0.365 e. The first-order valence-electron chi connectivity index (χ1n) is 8.83. The maximum atomic E-state index is 11.6. The van der Waals surface area contributed by atoms with Crippen LogP contribution in [0.3, 0.4) is 0 Å². The lowest BCUT2D eigenvalue weighted by Crippen LogP contribution is -2.54. The van der Waals surface area contributed by atoms with Crippen molar-refractivity contribution in [3.05, 3.63) is 0 Å². The molecule has 8 aliphatic rings. The van der Waals surface area contributed by atoms with Crippen LogP contribution in [0.2, 0.25) is 0 Å². The lowest BCUT2D eigenvalue weighted by molar-refractivity contribution is -0.280. The van der Waals surface area contributed by atoms with Gasteiger partial charge in [0, 0.05) is 17.8 Å². The number of rotatable bonds is 1. The monoisotopic (exact) mass is 412 g/mol. The van der Waals surface area contributed by atoms with Crippen LogP contribution in [-0.4, -0.2) is 20.2 Å². The predicted molar refractivity (Wildman–Crippen MR) is 81.5 cm³/mol. The number of aliphatic hydroxyl groups is 1. The summed E-state index contributed by atoms with van der Waals surface area (Å²) in [4.78, 5) is 0. The smallest absolute Gasteiger partial charge is 0.173 e. The molecule has 14 atom stereocenters. The lowest BCUT2D eigenvalue weighted by atomic mass is 9.57. The molecule has 1 heterocycles. The largest absolute Gasteiger partial charge is 0.365 e. The van der Waals surface area contributed by atoms with Crippen LogP contribution in [0.15, 0.2) is 0 Å². The molecule has 0 radical (unpaired) electrons. The highest BCUT2D eigenvalue weighted by molar-refractivity contribution is 9.24. The molecule has 1 aliphatic heterocycles. The number of fused-ring (bicyclic) bond motifs is 4. The van der Waals surface area contributed by atoms with Crippen molar-refractivity contribution in [3.63, 3.8) is 0 Å². The van der Waals surface area contributed by atoms with Gasteiger partial charge in [0.2, 0.25) is 0 Å². The summed E-state index contributed by atoms with van der Waals surface area (Å²) < 4.78 is 7.00. The van der Waals surface area contributed by atoms with Crippen molar-refractivity contribution >= 4 is 31.9 Å². The van der Waals surface area contributed by atoms with Gasteiger partial charge in [-0.3, -0.25) is 0 Å². The Bertz CT molecular complexity index is 638. The van der Waals surface area contributed by atoms with Gasteiger partial charge in [0.25, 0.3) is 0 Å². The molecule has 2 nitrogen and oxygen atoms in total.